The van der Waals surface area contributed by atoms with Crippen LogP contribution in [0.1, 0.15) is 93.4 Å². The third-order valence-electron chi connectivity index (χ3n) is 24.3. The van der Waals surface area contributed by atoms with Gasteiger partial charge < -0.3 is 154 Å². The summed E-state index contributed by atoms with van der Waals surface area (Å²) in [6.07, 6.45) is -39.6. The van der Waals surface area contributed by atoms with Crippen LogP contribution in [0.15, 0.2) is 11.6 Å². The number of ether oxygens (including phenoxy) is 12. The summed E-state index contributed by atoms with van der Waals surface area (Å²) in [5.74, 6) is -2.82. The van der Waals surface area contributed by atoms with Crippen molar-refractivity contribution in [3.8, 4) is 0 Å². The molecule has 19 N–H and O–H groups in total. The van der Waals surface area contributed by atoms with Gasteiger partial charge in [0.1, 0.15) is 102 Å². The molecule has 11 rings (SSSR count). The minimum absolute atomic E-state index is 0.0256. The number of carbonyl (C=O) groups excluding carboxylic acids is 1. The van der Waals surface area contributed by atoms with Crippen LogP contribution in [0.2, 0.25) is 0 Å². The van der Waals surface area contributed by atoms with Crippen molar-refractivity contribution < 1.29 is 159 Å². The van der Waals surface area contributed by atoms with E-state index in [9.17, 15) is 97.0 Å². The number of allylic oxidation sites excluding steroid dienone is 2. The number of aliphatic hydroxyl groups is 19. The van der Waals surface area contributed by atoms with E-state index in [1.165, 1.54) is 6.92 Å². The van der Waals surface area contributed by atoms with E-state index >= 15 is 4.79 Å². The van der Waals surface area contributed by atoms with Crippen LogP contribution in [0.3, 0.4) is 0 Å². The number of carbonyl (C=O) groups is 1. The summed E-state index contributed by atoms with van der Waals surface area (Å²) in [4.78, 5) is 15.5. The first-order valence-corrected chi connectivity index (χ1v) is 32.7. The van der Waals surface area contributed by atoms with Gasteiger partial charge in [-0.3, -0.25) is 4.79 Å². The molecule has 0 aromatic carbocycles. The third-order valence-corrected chi connectivity index (χ3v) is 24.3. The Morgan fingerprint density at radius 2 is 1.11 bits per heavy atom. The lowest BCUT2D eigenvalue weighted by Crippen LogP contribution is -2.73. The Labute approximate surface area is 542 Å². The third kappa shape index (κ3) is 11.8. The van der Waals surface area contributed by atoms with Crippen LogP contribution < -0.4 is 0 Å². The molecule has 0 spiro atoms. The van der Waals surface area contributed by atoms with E-state index in [1.54, 1.807) is 6.92 Å². The van der Waals surface area contributed by atoms with Gasteiger partial charge in [-0.25, -0.2) is 0 Å². The maximum absolute atomic E-state index is 15.5. The summed E-state index contributed by atoms with van der Waals surface area (Å²) < 4.78 is 70.0. The fraction of sp³-hybridized carbons (Fsp3) is 0.952. The maximum atomic E-state index is 15.5. The maximum Gasteiger partial charge on any atom is 0.317 e. The van der Waals surface area contributed by atoms with Crippen LogP contribution in [-0.4, -0.2) is 327 Å². The van der Waals surface area contributed by atoms with Gasteiger partial charge in [-0.05, 0) is 85.4 Å². The number of hydrogen-bond acceptors (Lipinski definition) is 32. The lowest BCUT2D eigenvalue weighted by atomic mass is 9.32. The zero-order valence-electron chi connectivity index (χ0n) is 53.7. The van der Waals surface area contributed by atoms with Gasteiger partial charge >= 0.3 is 5.97 Å². The molecule has 2 unspecified atom stereocenters. The lowest BCUT2D eigenvalue weighted by Gasteiger charge is -2.73. The molecule has 5 aliphatic carbocycles. The average Bonchev–Trinajstić information content (AvgIpc) is 0.761. The second kappa shape index (κ2) is 26.4. The Bertz CT molecular complexity index is 2700. The first kappa shape index (κ1) is 73.2. The Hall–Kier alpha value is -1.99. The molecule has 6 saturated heterocycles. The van der Waals surface area contributed by atoms with Gasteiger partial charge in [0, 0.05) is 11.3 Å². The van der Waals surface area contributed by atoms with Crippen molar-refractivity contribution in [2.75, 3.05) is 52.9 Å². The molecule has 4 saturated carbocycles. The molecule has 11 aliphatic rings. The molecule has 10 fully saturated rings. The van der Waals surface area contributed by atoms with Crippen molar-refractivity contribution in [1.29, 1.82) is 0 Å². The topological polar surface area (TPSA) is 512 Å². The molecule has 540 valence electrons. The van der Waals surface area contributed by atoms with Crippen molar-refractivity contribution in [3.05, 3.63) is 11.6 Å². The van der Waals surface area contributed by atoms with Crippen LogP contribution >= 0.6 is 0 Å². The minimum Gasteiger partial charge on any atom is -0.432 e. The second-order valence-corrected chi connectivity index (χ2v) is 30.6. The molecule has 0 bridgehead atoms. The predicted molar refractivity (Wildman–Crippen MR) is 308 cm³/mol. The number of esters is 1. The van der Waals surface area contributed by atoms with Crippen LogP contribution in [0.25, 0.3) is 0 Å². The molecule has 32 nitrogen and oxygen atoms in total. The van der Waals surface area contributed by atoms with Gasteiger partial charge in [-0.2, -0.15) is 0 Å². The fourth-order valence-electron chi connectivity index (χ4n) is 18.8. The molecule has 32 heteroatoms. The first-order valence-electron chi connectivity index (χ1n) is 32.7. The highest BCUT2D eigenvalue weighted by Crippen LogP contribution is 2.76. The molecule has 0 radical (unpaired) electrons. The number of hydrogen-bond donors (Lipinski definition) is 19. The van der Waals surface area contributed by atoms with Gasteiger partial charge in [0.05, 0.1) is 83.4 Å². The van der Waals surface area contributed by atoms with Crippen molar-refractivity contribution in [2.45, 2.75) is 264 Å². The van der Waals surface area contributed by atoms with Gasteiger partial charge in [-0.15, -0.1) is 0 Å². The van der Waals surface area contributed by atoms with Crippen LogP contribution in [0.5, 0.6) is 0 Å². The normalized spacial score (nSPS) is 55.8. The molecule has 6 heterocycles. The fourth-order valence-corrected chi connectivity index (χ4v) is 18.8. The van der Waals surface area contributed by atoms with Gasteiger partial charge in [0.2, 0.25) is 6.29 Å². The molecular weight excluding hydrogens is 1260 g/mol. The van der Waals surface area contributed by atoms with Crippen molar-refractivity contribution in [1.82, 2.24) is 0 Å². The van der Waals surface area contributed by atoms with E-state index < -0.39 is 274 Å². The van der Waals surface area contributed by atoms with Gasteiger partial charge in [0.15, 0.2) is 37.6 Å². The monoisotopic (exact) mass is 1360 g/mol. The van der Waals surface area contributed by atoms with Crippen LogP contribution in [0.4, 0.5) is 0 Å². The van der Waals surface area contributed by atoms with Crippen LogP contribution in [0, 0.1) is 50.2 Å². The molecular formula is C62H100O32. The average molecular weight is 1360 g/mol. The summed E-state index contributed by atoms with van der Waals surface area (Å²) in [5, 5.41) is 212. The standard InChI is InChI=1S/C62H100O32/c1-24-40(89-48-39(77)41(30(70)18-83-48)90-52-45(78)60(81,20-65)22-85-52)35(73)37(75)49(87-24)92-43-34(72)29(69)17-84-51(43)94-54(80)62-11-10-55(2,3)12-26(62)25-8-9-32-56(4)13-28(68)47(57(5,19-64)44(56)27(67)14-59(32,7)58(25,6)15-33(62)71)93-50-38(76)36(74)42(31(16-63)88-50)91-53-46(79)61(82,21-66)23-86-53/h8,24,26-53,63-79,81-82H,9-23H2,1-7H3/t24-,26-,27+,28-,29-,30+,31+,32?,33+,34-,35-,36+,37+,38+,39+,40-,41-,42+,43+,44?,45-,46-,47-,48-,49-,50-,51-,52-,53+,56+,57-,58+,59+,60+,61+,62+/m0/s1. The zero-order chi connectivity index (χ0) is 68.7. The number of rotatable bonds is 16. The minimum atomic E-state index is -2.10. The summed E-state index contributed by atoms with van der Waals surface area (Å²) in [6, 6.07) is 0. The van der Waals surface area contributed by atoms with Crippen molar-refractivity contribution in [2.24, 2.45) is 50.2 Å². The smallest absolute Gasteiger partial charge is 0.317 e. The quantitative estimate of drug-likeness (QED) is 0.0388. The Balaban J connectivity index is 0.798. The van der Waals surface area contributed by atoms with Crippen molar-refractivity contribution >= 4 is 5.97 Å². The summed E-state index contributed by atoms with van der Waals surface area (Å²) >= 11 is 0. The highest BCUT2D eigenvalue weighted by molar-refractivity contribution is 5.80. The molecule has 36 atom stereocenters. The highest BCUT2D eigenvalue weighted by atomic mass is 16.8. The Morgan fingerprint density at radius 3 is 1.70 bits per heavy atom. The Kier molecular flexibility index (Phi) is 20.6. The van der Waals surface area contributed by atoms with E-state index in [0.717, 1.165) is 5.57 Å². The van der Waals surface area contributed by atoms with E-state index in [-0.39, 0.29) is 31.6 Å². The Morgan fingerprint density at radius 1 is 0.543 bits per heavy atom. The summed E-state index contributed by atoms with van der Waals surface area (Å²) in [7, 11) is 0. The van der Waals surface area contributed by atoms with Gasteiger partial charge in [-0.1, -0.05) is 53.2 Å². The molecule has 0 aromatic rings. The summed E-state index contributed by atoms with van der Waals surface area (Å²) in [6.45, 7) is 7.77. The van der Waals surface area contributed by atoms with E-state index in [1.807, 2.05) is 20.8 Å². The van der Waals surface area contributed by atoms with Crippen LogP contribution in [-0.2, 0) is 61.6 Å². The number of fused-ring (bicyclic) bond motifs is 7. The molecule has 94 heavy (non-hydrogen) atoms. The van der Waals surface area contributed by atoms with E-state index in [0.29, 0.717) is 19.3 Å². The van der Waals surface area contributed by atoms with E-state index in [4.69, 9.17) is 56.8 Å². The zero-order valence-corrected chi connectivity index (χ0v) is 53.7. The first-order chi connectivity index (χ1) is 44.0. The second-order valence-electron chi connectivity index (χ2n) is 30.6. The molecule has 0 aromatic heterocycles. The van der Waals surface area contributed by atoms with Crippen molar-refractivity contribution in [3.63, 3.8) is 0 Å². The largest absolute Gasteiger partial charge is 0.432 e. The predicted octanol–water partition coefficient (Wildman–Crippen LogP) is -6.91. The highest BCUT2D eigenvalue weighted by Gasteiger charge is 2.75. The number of aliphatic hydroxyl groups excluding tert-OH is 17. The lowest BCUT2D eigenvalue weighted by molar-refractivity contribution is -0.372. The SMILES string of the molecule is C[C@@H]1O[C@@H](O[C@H]2[C@H](OC(=O)[C@]34CCC(C)(C)C[C@H]3C3=CCC5[C@@]6(C)C[C@H](O)[C@H](O[C@@H]7O[C@H](CO)[C@@H](O[C@H]8OC[C@](O)(CO)[C@H]8O)[C@H](O)[C@H]7O)[C@@](C)(CO)C6[C@H](O)C[C@@]5(C)[C@]3(C)C[C@H]4O)OC[C@H](O)[C@@H]2O)[C@H](O)[C@H](O)[C@H]1O[C@@H]1OC[C@@H](O)[C@H](O[C@@H]2OC[C@](O)(CO)[C@H]2O)[C@H]1O. The van der Waals surface area contributed by atoms with Gasteiger partial charge in [0.25, 0.3) is 0 Å². The molecule has 0 amide bonds. The van der Waals surface area contributed by atoms with E-state index in [2.05, 4.69) is 19.9 Å². The molecule has 6 aliphatic heterocycles. The summed E-state index contributed by atoms with van der Waals surface area (Å²) in [5.41, 5.74) is -9.77.